The fourth-order valence-electron chi connectivity index (χ4n) is 0.285. The SMILES string of the molecule is C=C[SiH2]COC(=O)OC. The van der Waals surface area contributed by atoms with E-state index in [2.05, 4.69) is 16.1 Å². The van der Waals surface area contributed by atoms with Gasteiger partial charge in [-0.3, -0.25) is 0 Å². The van der Waals surface area contributed by atoms with E-state index >= 15 is 0 Å². The van der Waals surface area contributed by atoms with Gasteiger partial charge in [0.2, 0.25) is 0 Å². The maximum atomic E-state index is 10.2. The topological polar surface area (TPSA) is 35.5 Å². The van der Waals surface area contributed by atoms with Crippen molar-refractivity contribution in [1.29, 1.82) is 0 Å². The van der Waals surface area contributed by atoms with Gasteiger partial charge in [0.15, 0.2) is 0 Å². The summed E-state index contributed by atoms with van der Waals surface area (Å²) in [7, 11) is 0.900. The zero-order valence-corrected chi connectivity index (χ0v) is 6.84. The average Bonchev–Trinajstić information content (AvgIpc) is 1.89. The summed E-state index contributed by atoms with van der Waals surface area (Å²) in [5.74, 6) is 0. The molecule has 0 aliphatic carbocycles. The van der Waals surface area contributed by atoms with Crippen LogP contribution in [-0.2, 0) is 9.47 Å². The largest absolute Gasteiger partial charge is 0.507 e. The van der Waals surface area contributed by atoms with Crippen LogP contribution in [0.5, 0.6) is 0 Å². The molecule has 0 aromatic heterocycles. The fraction of sp³-hybridized carbons (Fsp3) is 0.400. The van der Waals surface area contributed by atoms with Crippen molar-refractivity contribution in [3.05, 3.63) is 12.3 Å². The molecular weight excluding hydrogens is 136 g/mol. The van der Waals surface area contributed by atoms with Gasteiger partial charge < -0.3 is 9.47 Å². The van der Waals surface area contributed by atoms with Gasteiger partial charge >= 0.3 is 6.16 Å². The van der Waals surface area contributed by atoms with E-state index < -0.39 is 6.16 Å². The van der Waals surface area contributed by atoms with E-state index in [0.29, 0.717) is 6.23 Å². The zero-order valence-electron chi connectivity index (χ0n) is 5.42. The molecule has 0 fully saturated rings. The summed E-state index contributed by atoms with van der Waals surface area (Å²) < 4.78 is 8.78. The molecule has 0 unspecified atom stereocenters. The van der Waals surface area contributed by atoms with Gasteiger partial charge in [-0.15, -0.1) is 12.3 Å². The Morgan fingerprint density at radius 3 is 3.00 bits per heavy atom. The summed E-state index contributed by atoms with van der Waals surface area (Å²) in [4.78, 5) is 10.2. The Kier molecular flexibility index (Phi) is 4.90. The quantitative estimate of drug-likeness (QED) is 0.320. The summed E-state index contributed by atoms with van der Waals surface area (Å²) in [6, 6.07) is 0. The van der Waals surface area contributed by atoms with Crippen LogP contribution in [0.2, 0.25) is 0 Å². The summed E-state index contributed by atoms with van der Waals surface area (Å²) in [5.41, 5.74) is 1.81. The first-order valence-corrected chi connectivity index (χ1v) is 4.44. The number of carbonyl (C=O) groups is 1. The van der Waals surface area contributed by atoms with Crippen LogP contribution in [-0.4, -0.2) is 29.0 Å². The van der Waals surface area contributed by atoms with Gasteiger partial charge in [-0.25, -0.2) is 4.79 Å². The number of hydrogen-bond donors (Lipinski definition) is 0. The van der Waals surface area contributed by atoms with Gasteiger partial charge in [0, 0.05) is 0 Å². The van der Waals surface area contributed by atoms with E-state index in [9.17, 15) is 4.79 Å². The molecule has 0 N–H and O–H groups in total. The maximum Gasteiger partial charge on any atom is 0.507 e. The highest BCUT2D eigenvalue weighted by atomic mass is 28.2. The molecule has 3 nitrogen and oxygen atoms in total. The van der Waals surface area contributed by atoms with Crippen molar-refractivity contribution in [2.24, 2.45) is 0 Å². The minimum absolute atomic E-state index is 0.390. The molecule has 0 atom stereocenters. The van der Waals surface area contributed by atoms with Crippen LogP contribution < -0.4 is 0 Å². The van der Waals surface area contributed by atoms with Crippen molar-refractivity contribution in [2.45, 2.75) is 0 Å². The van der Waals surface area contributed by atoms with Crippen LogP contribution in [0.1, 0.15) is 0 Å². The Hall–Kier alpha value is -0.773. The van der Waals surface area contributed by atoms with Crippen LogP contribution >= 0.6 is 0 Å². The second kappa shape index (κ2) is 5.37. The molecule has 0 bridgehead atoms. The molecule has 0 aromatic carbocycles. The van der Waals surface area contributed by atoms with Crippen LogP contribution in [0.25, 0.3) is 0 Å². The highest BCUT2D eigenvalue weighted by molar-refractivity contribution is 6.41. The van der Waals surface area contributed by atoms with E-state index in [0.717, 1.165) is 0 Å². The number of ether oxygens (including phenoxy) is 2. The van der Waals surface area contributed by atoms with Gasteiger partial charge in [0.1, 0.15) is 0 Å². The molecule has 4 heteroatoms. The van der Waals surface area contributed by atoms with Crippen LogP contribution in [0, 0.1) is 0 Å². The lowest BCUT2D eigenvalue weighted by Crippen LogP contribution is -2.08. The highest BCUT2D eigenvalue weighted by Gasteiger charge is 1.96. The third-order valence-electron chi connectivity index (χ3n) is 0.709. The third kappa shape index (κ3) is 5.09. The van der Waals surface area contributed by atoms with E-state index in [-0.39, 0.29) is 9.52 Å². The van der Waals surface area contributed by atoms with Crippen molar-refractivity contribution < 1.29 is 14.3 Å². The number of carbonyl (C=O) groups excluding carboxylic acids is 1. The Morgan fingerprint density at radius 1 is 1.89 bits per heavy atom. The summed E-state index contributed by atoms with van der Waals surface area (Å²) in [6.07, 6.45) is -0.125. The predicted molar refractivity (Wildman–Crippen MR) is 37.1 cm³/mol. The Labute approximate surface area is 56.5 Å². The van der Waals surface area contributed by atoms with Crippen LogP contribution in [0.3, 0.4) is 0 Å². The third-order valence-corrected chi connectivity index (χ3v) is 1.56. The molecular formula is C5H10O3Si. The second-order valence-corrected chi connectivity index (χ2v) is 2.94. The molecule has 0 aromatic rings. The molecule has 9 heavy (non-hydrogen) atoms. The summed E-state index contributed by atoms with van der Waals surface area (Å²) in [6.45, 7) is 3.51. The molecule has 0 spiro atoms. The van der Waals surface area contributed by atoms with Gasteiger partial charge in [0.05, 0.1) is 22.9 Å². The summed E-state index contributed by atoms with van der Waals surface area (Å²) in [5, 5.41) is 0. The minimum Gasteiger partial charge on any atom is -0.438 e. The van der Waals surface area contributed by atoms with Crippen LogP contribution in [0.15, 0.2) is 12.3 Å². The Morgan fingerprint density at radius 2 is 2.56 bits per heavy atom. The van der Waals surface area contributed by atoms with Gasteiger partial charge in [-0.05, 0) is 0 Å². The first kappa shape index (κ1) is 8.23. The Bertz CT molecular complexity index is 102. The first-order valence-electron chi connectivity index (χ1n) is 2.63. The van der Waals surface area contributed by atoms with Crippen molar-refractivity contribution in [2.75, 3.05) is 13.3 Å². The van der Waals surface area contributed by atoms with E-state index in [1.807, 2.05) is 5.70 Å². The summed E-state index contributed by atoms with van der Waals surface area (Å²) >= 11 is 0. The Balaban J connectivity index is 3.06. The molecule has 52 valence electrons. The van der Waals surface area contributed by atoms with Crippen LogP contribution in [0.4, 0.5) is 4.79 Å². The number of rotatable bonds is 3. The standard InChI is InChI=1S/C5H10O3Si/c1-3-9-4-8-5(6)7-2/h3H,1,4,9H2,2H3. The van der Waals surface area contributed by atoms with Gasteiger partial charge in [0.25, 0.3) is 0 Å². The smallest absolute Gasteiger partial charge is 0.438 e. The maximum absolute atomic E-state index is 10.2. The number of hydrogen-bond acceptors (Lipinski definition) is 3. The molecule has 0 rings (SSSR count). The molecule has 0 aliphatic heterocycles. The highest BCUT2D eigenvalue weighted by Crippen LogP contribution is 1.79. The minimum atomic E-state index is -0.607. The van der Waals surface area contributed by atoms with E-state index in [4.69, 9.17) is 0 Å². The van der Waals surface area contributed by atoms with Gasteiger partial charge in [-0.1, -0.05) is 0 Å². The molecule has 0 saturated carbocycles. The molecule has 0 heterocycles. The first-order chi connectivity index (χ1) is 4.31. The molecule has 0 amide bonds. The second-order valence-electron chi connectivity index (χ2n) is 1.38. The lowest BCUT2D eigenvalue weighted by molar-refractivity contribution is 0.0864. The number of methoxy groups -OCH3 is 1. The zero-order chi connectivity index (χ0) is 7.11. The van der Waals surface area contributed by atoms with E-state index in [1.165, 1.54) is 7.11 Å². The lowest BCUT2D eigenvalue weighted by Gasteiger charge is -1.97. The molecule has 0 radical (unpaired) electrons. The lowest BCUT2D eigenvalue weighted by atomic mass is 11.3. The van der Waals surface area contributed by atoms with E-state index in [1.54, 1.807) is 0 Å². The fourth-order valence-corrected chi connectivity index (χ4v) is 0.736. The molecule has 0 aliphatic rings. The van der Waals surface area contributed by atoms with Crippen molar-refractivity contribution >= 4 is 15.7 Å². The van der Waals surface area contributed by atoms with Crippen molar-refractivity contribution in [3.63, 3.8) is 0 Å². The molecule has 0 saturated heterocycles. The normalized spacial score (nSPS) is 9.44. The average molecular weight is 146 g/mol. The van der Waals surface area contributed by atoms with Crippen molar-refractivity contribution in [1.82, 2.24) is 0 Å². The van der Waals surface area contributed by atoms with Gasteiger partial charge in [-0.2, -0.15) is 0 Å². The predicted octanol–water partition coefficient (Wildman–Crippen LogP) is 0.0392. The monoisotopic (exact) mass is 146 g/mol. The van der Waals surface area contributed by atoms with Crippen molar-refractivity contribution in [3.8, 4) is 0 Å².